The molecule has 1 saturated carbocycles. The van der Waals surface area contributed by atoms with Gasteiger partial charge in [0.15, 0.2) is 0 Å². The summed E-state index contributed by atoms with van der Waals surface area (Å²) in [5.74, 6) is 0.982. The number of benzene rings is 1. The maximum Gasteiger partial charge on any atom is 0.251 e. The van der Waals surface area contributed by atoms with E-state index in [1.165, 1.54) is 0 Å². The smallest absolute Gasteiger partial charge is 0.251 e. The lowest BCUT2D eigenvalue weighted by atomic mass is 9.98. The first-order valence-electron chi connectivity index (χ1n) is 8.81. The molecule has 0 bridgehead atoms. The average Bonchev–Trinajstić information content (AvgIpc) is 3.43. The van der Waals surface area contributed by atoms with E-state index in [4.69, 9.17) is 4.74 Å². The average molecular weight is 337 g/mol. The Kier molecular flexibility index (Phi) is 4.17. The van der Waals surface area contributed by atoms with Crippen molar-refractivity contribution >= 4 is 11.7 Å². The van der Waals surface area contributed by atoms with Gasteiger partial charge in [0.25, 0.3) is 5.91 Å². The molecule has 2 aliphatic rings. The number of rotatable bonds is 3. The summed E-state index contributed by atoms with van der Waals surface area (Å²) in [6, 6.07) is 8.36. The van der Waals surface area contributed by atoms with Gasteiger partial charge in [0.1, 0.15) is 5.82 Å². The molecule has 2 heterocycles. The number of hydrogen-bond donors (Lipinski definition) is 1. The predicted octanol–water partition coefficient (Wildman–Crippen LogP) is 2.92. The van der Waals surface area contributed by atoms with Crippen molar-refractivity contribution in [1.82, 2.24) is 10.3 Å². The topological polar surface area (TPSA) is 54.5 Å². The lowest BCUT2D eigenvalue weighted by Crippen LogP contribution is -2.25. The SMILES string of the molecule is Cc1ccc(C(=O)NC2CC2)cc1-c1cnc2c(c1)COCCN2C. The number of nitrogens with one attached hydrogen (secondary N) is 1. The van der Waals surface area contributed by atoms with Crippen LogP contribution in [0.5, 0.6) is 0 Å². The van der Waals surface area contributed by atoms with Crippen LogP contribution in [0.25, 0.3) is 11.1 Å². The van der Waals surface area contributed by atoms with Crippen LogP contribution in [0.3, 0.4) is 0 Å². The normalized spacial score (nSPS) is 17.0. The number of carbonyl (C=O) groups excluding carboxylic acids is 1. The molecule has 0 unspecified atom stereocenters. The van der Waals surface area contributed by atoms with Crippen molar-refractivity contribution in [2.24, 2.45) is 0 Å². The minimum absolute atomic E-state index is 0.00883. The summed E-state index contributed by atoms with van der Waals surface area (Å²) in [5.41, 5.74) is 5.00. The Morgan fingerprint density at radius 1 is 1.32 bits per heavy atom. The van der Waals surface area contributed by atoms with Crippen LogP contribution in [0.15, 0.2) is 30.5 Å². The molecule has 1 amide bonds. The van der Waals surface area contributed by atoms with E-state index >= 15 is 0 Å². The van der Waals surface area contributed by atoms with Gasteiger partial charge in [-0.2, -0.15) is 0 Å². The fraction of sp³-hybridized carbons (Fsp3) is 0.400. The van der Waals surface area contributed by atoms with E-state index < -0.39 is 0 Å². The van der Waals surface area contributed by atoms with Gasteiger partial charge in [0, 0.05) is 42.5 Å². The number of likely N-dealkylation sites (N-methyl/N-ethyl adjacent to an activating group) is 1. The number of aromatic nitrogens is 1. The first kappa shape index (κ1) is 16.1. The van der Waals surface area contributed by atoms with Crippen molar-refractivity contribution < 1.29 is 9.53 Å². The standard InChI is InChI=1S/C20H23N3O2/c1-13-3-4-14(20(24)22-17-5-6-17)10-18(13)15-9-16-12-25-8-7-23(2)19(16)21-11-15/h3-4,9-11,17H,5-8,12H2,1-2H3,(H,22,24). The van der Waals surface area contributed by atoms with Gasteiger partial charge in [0.2, 0.25) is 0 Å². The van der Waals surface area contributed by atoms with E-state index in [0.717, 1.165) is 47.5 Å². The van der Waals surface area contributed by atoms with Crippen molar-refractivity contribution in [3.63, 3.8) is 0 Å². The summed E-state index contributed by atoms with van der Waals surface area (Å²) in [7, 11) is 2.04. The third-order valence-corrected chi connectivity index (χ3v) is 4.86. The van der Waals surface area contributed by atoms with Crippen molar-refractivity contribution in [2.75, 3.05) is 25.1 Å². The Balaban J connectivity index is 1.69. The zero-order chi connectivity index (χ0) is 17.4. The molecular formula is C20H23N3O2. The van der Waals surface area contributed by atoms with Crippen LogP contribution in [0.2, 0.25) is 0 Å². The minimum Gasteiger partial charge on any atom is -0.375 e. The molecule has 0 spiro atoms. The Morgan fingerprint density at radius 2 is 2.16 bits per heavy atom. The Morgan fingerprint density at radius 3 is 2.96 bits per heavy atom. The molecule has 130 valence electrons. The number of anilines is 1. The van der Waals surface area contributed by atoms with Gasteiger partial charge in [-0.05, 0) is 49.1 Å². The highest BCUT2D eigenvalue weighted by Crippen LogP contribution is 2.29. The number of ether oxygens (including phenoxy) is 1. The molecule has 5 nitrogen and oxygen atoms in total. The first-order chi connectivity index (χ1) is 12.1. The molecule has 4 rings (SSSR count). The molecule has 0 radical (unpaired) electrons. The van der Waals surface area contributed by atoms with E-state index in [1.54, 1.807) is 0 Å². The first-order valence-corrected chi connectivity index (χ1v) is 8.81. The maximum atomic E-state index is 12.4. The van der Waals surface area contributed by atoms with Gasteiger partial charge < -0.3 is 15.0 Å². The fourth-order valence-corrected chi connectivity index (χ4v) is 3.16. The van der Waals surface area contributed by atoms with Crippen molar-refractivity contribution in [2.45, 2.75) is 32.4 Å². The van der Waals surface area contributed by atoms with Crippen LogP contribution < -0.4 is 10.2 Å². The van der Waals surface area contributed by atoms with Gasteiger partial charge in [-0.3, -0.25) is 4.79 Å². The summed E-state index contributed by atoms with van der Waals surface area (Å²) in [4.78, 5) is 19.1. The van der Waals surface area contributed by atoms with Crippen LogP contribution in [0.1, 0.15) is 34.3 Å². The molecule has 1 aromatic heterocycles. The van der Waals surface area contributed by atoms with Gasteiger partial charge >= 0.3 is 0 Å². The summed E-state index contributed by atoms with van der Waals surface area (Å²) in [5, 5.41) is 3.05. The Labute approximate surface area is 148 Å². The maximum absolute atomic E-state index is 12.4. The van der Waals surface area contributed by atoms with E-state index in [2.05, 4.69) is 28.2 Å². The monoisotopic (exact) mass is 337 g/mol. The molecule has 5 heteroatoms. The Bertz CT molecular complexity index is 815. The van der Waals surface area contributed by atoms with Crippen LogP contribution in [-0.2, 0) is 11.3 Å². The van der Waals surface area contributed by atoms with Crippen LogP contribution in [0.4, 0.5) is 5.82 Å². The molecule has 1 aromatic carbocycles. The zero-order valence-electron chi connectivity index (χ0n) is 14.7. The molecule has 0 atom stereocenters. The van der Waals surface area contributed by atoms with Gasteiger partial charge in [0.05, 0.1) is 13.2 Å². The van der Waals surface area contributed by atoms with E-state index in [-0.39, 0.29) is 5.91 Å². The number of pyridine rings is 1. The number of amides is 1. The molecule has 1 fully saturated rings. The van der Waals surface area contributed by atoms with Crippen LogP contribution in [0, 0.1) is 6.92 Å². The quantitative estimate of drug-likeness (QED) is 0.936. The zero-order valence-corrected chi connectivity index (χ0v) is 14.7. The molecule has 2 aromatic rings. The predicted molar refractivity (Wildman–Crippen MR) is 97.8 cm³/mol. The summed E-state index contributed by atoms with van der Waals surface area (Å²) >= 11 is 0. The highest BCUT2D eigenvalue weighted by atomic mass is 16.5. The third-order valence-electron chi connectivity index (χ3n) is 4.86. The molecule has 1 aliphatic heterocycles. The number of carbonyl (C=O) groups is 1. The van der Waals surface area contributed by atoms with Crippen molar-refractivity contribution in [3.8, 4) is 11.1 Å². The summed E-state index contributed by atoms with van der Waals surface area (Å²) < 4.78 is 5.68. The lowest BCUT2D eigenvalue weighted by Gasteiger charge is -2.18. The molecule has 0 saturated heterocycles. The summed E-state index contributed by atoms with van der Waals surface area (Å²) in [6.45, 7) is 4.18. The van der Waals surface area contributed by atoms with Crippen molar-refractivity contribution in [1.29, 1.82) is 0 Å². The van der Waals surface area contributed by atoms with Crippen LogP contribution in [-0.4, -0.2) is 37.1 Å². The second kappa shape index (κ2) is 6.48. The van der Waals surface area contributed by atoms with Gasteiger partial charge in [-0.15, -0.1) is 0 Å². The van der Waals surface area contributed by atoms with Gasteiger partial charge in [-0.25, -0.2) is 4.98 Å². The van der Waals surface area contributed by atoms with E-state index in [0.29, 0.717) is 24.8 Å². The number of nitrogens with zero attached hydrogens (tertiary/aromatic N) is 2. The molecular weight excluding hydrogens is 314 g/mol. The Hall–Kier alpha value is -2.40. The highest BCUT2D eigenvalue weighted by molar-refractivity contribution is 5.96. The van der Waals surface area contributed by atoms with E-state index in [1.807, 2.05) is 31.4 Å². The van der Waals surface area contributed by atoms with Gasteiger partial charge in [-0.1, -0.05) is 6.07 Å². The highest BCUT2D eigenvalue weighted by Gasteiger charge is 2.24. The fourth-order valence-electron chi connectivity index (χ4n) is 3.16. The lowest BCUT2D eigenvalue weighted by molar-refractivity contribution is 0.0951. The third kappa shape index (κ3) is 3.37. The second-order valence-electron chi connectivity index (χ2n) is 6.96. The largest absolute Gasteiger partial charge is 0.375 e. The number of fused-ring (bicyclic) bond motifs is 1. The van der Waals surface area contributed by atoms with E-state index in [9.17, 15) is 4.79 Å². The number of aryl methyl sites for hydroxylation is 1. The molecule has 1 N–H and O–H groups in total. The number of hydrogen-bond acceptors (Lipinski definition) is 4. The minimum atomic E-state index is 0.00883. The molecule has 25 heavy (non-hydrogen) atoms. The second-order valence-corrected chi connectivity index (χ2v) is 6.96. The molecule has 1 aliphatic carbocycles. The summed E-state index contributed by atoms with van der Waals surface area (Å²) in [6.07, 6.45) is 4.07. The van der Waals surface area contributed by atoms with Crippen molar-refractivity contribution in [3.05, 3.63) is 47.2 Å². The van der Waals surface area contributed by atoms with Crippen LogP contribution >= 0.6 is 0 Å².